The second-order valence-corrected chi connectivity index (χ2v) is 12.9. The van der Waals surface area contributed by atoms with E-state index in [2.05, 4.69) is 20.9 Å². The van der Waals surface area contributed by atoms with Gasteiger partial charge in [-0.15, -0.1) is 11.3 Å². The maximum absolute atomic E-state index is 13.1. The summed E-state index contributed by atoms with van der Waals surface area (Å²) in [7, 11) is 0. The summed E-state index contributed by atoms with van der Waals surface area (Å²) in [6, 6.07) is 7.86. The summed E-state index contributed by atoms with van der Waals surface area (Å²) in [4.78, 5) is 42.7. The van der Waals surface area contributed by atoms with Gasteiger partial charge in [0, 0.05) is 23.7 Å². The van der Waals surface area contributed by atoms with Crippen molar-refractivity contribution in [3.8, 4) is 0 Å². The molecule has 0 unspecified atom stereocenters. The number of imidazole rings is 1. The summed E-state index contributed by atoms with van der Waals surface area (Å²) in [6.07, 6.45) is 3.06. The zero-order valence-electron chi connectivity index (χ0n) is 23.3. The molecular formula is C29H35F2N5O4S. The zero-order chi connectivity index (χ0) is 29.3. The van der Waals surface area contributed by atoms with Crippen molar-refractivity contribution in [2.45, 2.75) is 89.8 Å². The molecule has 0 radical (unpaired) electrons. The van der Waals surface area contributed by atoms with Crippen molar-refractivity contribution in [3.63, 3.8) is 0 Å². The Hall–Kier alpha value is -3.54. The number of fused-ring (bicyclic) bond motifs is 1. The van der Waals surface area contributed by atoms with E-state index in [1.807, 2.05) is 16.7 Å². The average Bonchev–Trinajstić information content (AvgIpc) is 3.51. The van der Waals surface area contributed by atoms with E-state index in [0.717, 1.165) is 49.0 Å². The van der Waals surface area contributed by atoms with Crippen molar-refractivity contribution in [3.05, 3.63) is 40.1 Å². The minimum Gasteiger partial charge on any atom is -0.444 e. The van der Waals surface area contributed by atoms with Gasteiger partial charge in [-0.1, -0.05) is 19.3 Å². The normalized spacial score (nSPS) is 19.6. The van der Waals surface area contributed by atoms with Crippen molar-refractivity contribution >= 4 is 51.9 Å². The van der Waals surface area contributed by atoms with Crippen LogP contribution in [0.2, 0.25) is 0 Å². The van der Waals surface area contributed by atoms with Crippen LogP contribution in [0.4, 0.5) is 25.2 Å². The summed E-state index contributed by atoms with van der Waals surface area (Å²) >= 11 is 0.736. The van der Waals surface area contributed by atoms with Crippen LogP contribution in [0.5, 0.6) is 0 Å². The molecule has 2 fully saturated rings. The largest absolute Gasteiger partial charge is 0.444 e. The van der Waals surface area contributed by atoms with Gasteiger partial charge in [0.15, 0.2) is 0 Å². The van der Waals surface area contributed by atoms with E-state index in [4.69, 9.17) is 4.74 Å². The van der Waals surface area contributed by atoms with Crippen molar-refractivity contribution in [1.29, 1.82) is 0 Å². The van der Waals surface area contributed by atoms with Crippen LogP contribution in [0.25, 0.3) is 11.0 Å². The lowest BCUT2D eigenvalue weighted by Crippen LogP contribution is -2.46. The Balaban J connectivity index is 1.37. The fraction of sp³-hybridized carbons (Fsp3) is 0.517. The number of alkyl halides is 2. The monoisotopic (exact) mass is 587 g/mol. The number of thiophene rings is 1. The van der Waals surface area contributed by atoms with Crippen molar-refractivity contribution in [1.82, 2.24) is 14.9 Å². The van der Waals surface area contributed by atoms with Gasteiger partial charge in [0.05, 0.1) is 20.8 Å². The van der Waals surface area contributed by atoms with Crippen LogP contribution >= 0.6 is 11.3 Å². The van der Waals surface area contributed by atoms with E-state index in [-0.39, 0.29) is 39.6 Å². The molecule has 2 heterocycles. The number of hydrogen-bond donors (Lipinski definition) is 3. The molecule has 2 aliphatic carbocycles. The van der Waals surface area contributed by atoms with Gasteiger partial charge >= 0.3 is 6.09 Å². The van der Waals surface area contributed by atoms with E-state index in [9.17, 15) is 23.2 Å². The predicted octanol–water partition coefficient (Wildman–Crippen LogP) is 7.03. The van der Waals surface area contributed by atoms with Gasteiger partial charge in [-0.05, 0) is 76.8 Å². The predicted molar refractivity (Wildman–Crippen MR) is 154 cm³/mol. The highest BCUT2D eigenvalue weighted by Gasteiger charge is 2.35. The number of alkyl carbamates (subject to hydrolysis) is 1. The van der Waals surface area contributed by atoms with E-state index < -0.39 is 24.0 Å². The van der Waals surface area contributed by atoms with Crippen LogP contribution in [0.15, 0.2) is 30.3 Å². The molecule has 5 rings (SSSR count). The fourth-order valence-electron chi connectivity index (χ4n) is 5.39. The summed E-state index contributed by atoms with van der Waals surface area (Å²) in [6.45, 7) is 5.39. The highest BCUT2D eigenvalue weighted by molar-refractivity contribution is 7.14. The maximum atomic E-state index is 13.1. The standard InChI is InChI=1S/C29H35F2N5O4S/c1-29(2,3)40-28(39)33-18-13-19(14-18)36-21-10-9-17(32-25(37)16-7-5-4-6-8-16)15-20(21)34-27(36)35-26(38)23-12-11-22(41-23)24(30)31/h9-12,15-16,18-19,24H,4-8,13-14H2,1-3H3,(H,32,37)(H,33,39)(H,34,35,38). The average molecular weight is 588 g/mol. The van der Waals surface area contributed by atoms with Crippen molar-refractivity contribution < 1.29 is 27.9 Å². The number of benzene rings is 1. The Morgan fingerprint density at radius 1 is 1.05 bits per heavy atom. The van der Waals surface area contributed by atoms with E-state index in [1.54, 1.807) is 26.8 Å². The second kappa shape index (κ2) is 11.8. The van der Waals surface area contributed by atoms with Gasteiger partial charge in [0.2, 0.25) is 11.9 Å². The minimum atomic E-state index is -2.65. The molecule has 41 heavy (non-hydrogen) atoms. The topological polar surface area (TPSA) is 114 Å². The number of hydrogen-bond acceptors (Lipinski definition) is 6. The maximum Gasteiger partial charge on any atom is 0.407 e. The number of rotatable bonds is 7. The molecule has 12 heteroatoms. The molecule has 2 saturated carbocycles. The number of aromatic nitrogens is 2. The second-order valence-electron chi connectivity index (χ2n) is 11.8. The highest BCUT2D eigenvalue weighted by Crippen LogP contribution is 2.39. The Morgan fingerprint density at radius 2 is 1.78 bits per heavy atom. The lowest BCUT2D eigenvalue weighted by atomic mass is 9.86. The van der Waals surface area contributed by atoms with Crippen LogP contribution < -0.4 is 16.0 Å². The third-order valence-electron chi connectivity index (χ3n) is 7.42. The number of halogens is 2. The molecule has 220 valence electrons. The van der Waals surface area contributed by atoms with Gasteiger partial charge in [-0.3, -0.25) is 14.9 Å². The highest BCUT2D eigenvalue weighted by atomic mass is 32.1. The summed E-state index contributed by atoms with van der Waals surface area (Å²) in [5, 5.41) is 8.68. The number of anilines is 2. The lowest BCUT2D eigenvalue weighted by Gasteiger charge is -2.37. The molecule has 9 nitrogen and oxygen atoms in total. The first-order valence-electron chi connectivity index (χ1n) is 14.0. The molecule has 0 spiro atoms. The van der Waals surface area contributed by atoms with Gasteiger partial charge in [0.1, 0.15) is 5.60 Å². The quantitative estimate of drug-likeness (QED) is 0.275. The first kappa shape index (κ1) is 29.0. The SMILES string of the molecule is CC(C)(C)OC(=O)NC1CC(n2c(NC(=O)c3ccc(C(F)F)s3)nc3cc(NC(=O)C4CCCCC4)ccc32)C1. The van der Waals surface area contributed by atoms with Crippen LogP contribution in [0.3, 0.4) is 0 Å². The van der Waals surface area contributed by atoms with Crippen molar-refractivity contribution in [2.75, 3.05) is 10.6 Å². The molecule has 3 N–H and O–H groups in total. The Bertz CT molecular complexity index is 1430. The van der Waals surface area contributed by atoms with Crippen molar-refractivity contribution in [2.24, 2.45) is 5.92 Å². The third-order valence-corrected chi connectivity index (χ3v) is 8.51. The number of nitrogens with one attached hydrogen (secondary N) is 3. The minimum absolute atomic E-state index is 0.000151. The van der Waals surface area contributed by atoms with Crippen LogP contribution in [0.1, 0.15) is 92.7 Å². The van der Waals surface area contributed by atoms with Gasteiger partial charge in [0.25, 0.3) is 12.3 Å². The molecule has 2 aliphatic rings. The molecule has 0 saturated heterocycles. The molecule has 1 aromatic carbocycles. The van der Waals surface area contributed by atoms with Gasteiger partial charge in [-0.2, -0.15) is 0 Å². The number of carbonyl (C=O) groups excluding carboxylic acids is 3. The lowest BCUT2D eigenvalue weighted by molar-refractivity contribution is -0.120. The Morgan fingerprint density at radius 3 is 2.44 bits per heavy atom. The molecule has 0 atom stereocenters. The Labute approximate surface area is 241 Å². The first-order valence-corrected chi connectivity index (χ1v) is 14.8. The van der Waals surface area contributed by atoms with Gasteiger partial charge in [-0.25, -0.2) is 18.6 Å². The smallest absolute Gasteiger partial charge is 0.407 e. The van der Waals surface area contributed by atoms with Crippen LogP contribution in [-0.4, -0.2) is 39.1 Å². The number of amides is 3. The molecule has 0 aliphatic heterocycles. The first-order chi connectivity index (χ1) is 19.5. The molecule has 3 aromatic rings. The summed E-state index contributed by atoms with van der Waals surface area (Å²) in [5.41, 5.74) is 1.33. The molecule has 2 aromatic heterocycles. The number of nitrogens with zero attached hydrogens (tertiary/aromatic N) is 2. The number of carbonyl (C=O) groups is 3. The van der Waals surface area contributed by atoms with Gasteiger partial charge < -0.3 is 19.9 Å². The molecule has 0 bridgehead atoms. The fourth-order valence-corrected chi connectivity index (χ4v) is 6.15. The van der Waals surface area contributed by atoms with E-state index in [1.165, 1.54) is 12.1 Å². The Kier molecular flexibility index (Phi) is 8.30. The van der Waals surface area contributed by atoms with Crippen LogP contribution in [-0.2, 0) is 9.53 Å². The zero-order valence-corrected chi connectivity index (χ0v) is 24.2. The summed E-state index contributed by atoms with van der Waals surface area (Å²) in [5.74, 6) is -0.264. The van der Waals surface area contributed by atoms with E-state index in [0.29, 0.717) is 24.0 Å². The number of ether oxygens (including phenoxy) is 1. The molecule has 3 amide bonds. The van der Waals surface area contributed by atoms with Crippen LogP contribution in [0, 0.1) is 5.92 Å². The third kappa shape index (κ3) is 6.86. The van der Waals surface area contributed by atoms with E-state index >= 15 is 0 Å². The molecular weight excluding hydrogens is 552 g/mol. The summed E-state index contributed by atoms with van der Waals surface area (Å²) < 4.78 is 33.4.